The Balaban J connectivity index is 1.81. The first-order valence-corrected chi connectivity index (χ1v) is 4.98. The van der Waals surface area contributed by atoms with E-state index >= 15 is 0 Å². The monoisotopic (exact) mass is 188 g/mol. The van der Waals surface area contributed by atoms with Crippen LogP contribution in [0.4, 0.5) is 0 Å². The number of aromatic nitrogens is 2. The molecule has 14 heavy (non-hydrogen) atoms. The highest BCUT2D eigenvalue weighted by Gasteiger charge is 2.21. The molecule has 3 rings (SSSR count). The zero-order valence-corrected chi connectivity index (χ0v) is 7.89. The molecular weight excluding hydrogens is 176 g/mol. The lowest BCUT2D eigenvalue weighted by Crippen LogP contribution is -1.99. The van der Waals surface area contributed by atoms with Crippen molar-refractivity contribution >= 4 is 5.52 Å². The topological polar surface area (TPSA) is 26.5 Å². The molecule has 2 aromatic heterocycles. The fraction of sp³-hybridized carbons (Fsp3) is 0.364. The summed E-state index contributed by atoms with van der Waals surface area (Å²) in [5.74, 6) is 1.75. The average Bonchev–Trinajstić information content (AvgIpc) is 2.92. The smallest absolute Gasteiger partial charge is 0.122 e. The predicted octanol–water partition coefficient (Wildman–Crippen LogP) is 2.12. The lowest BCUT2D eigenvalue weighted by molar-refractivity contribution is 0.299. The van der Waals surface area contributed by atoms with Gasteiger partial charge in [0, 0.05) is 18.5 Å². The van der Waals surface area contributed by atoms with E-state index in [9.17, 15) is 0 Å². The van der Waals surface area contributed by atoms with E-state index < -0.39 is 0 Å². The van der Waals surface area contributed by atoms with Crippen LogP contribution in [0, 0.1) is 5.92 Å². The molecule has 0 atom stereocenters. The molecule has 0 unspecified atom stereocenters. The van der Waals surface area contributed by atoms with Gasteiger partial charge in [0.05, 0.1) is 12.1 Å². The van der Waals surface area contributed by atoms with Crippen LogP contribution in [0.25, 0.3) is 5.52 Å². The van der Waals surface area contributed by atoms with Gasteiger partial charge in [0.25, 0.3) is 0 Å². The van der Waals surface area contributed by atoms with Crippen LogP contribution in [0.15, 0.2) is 30.6 Å². The van der Waals surface area contributed by atoms with Gasteiger partial charge in [-0.1, -0.05) is 0 Å². The molecule has 72 valence electrons. The second-order valence-corrected chi connectivity index (χ2v) is 3.82. The van der Waals surface area contributed by atoms with E-state index in [-0.39, 0.29) is 0 Å². The molecule has 1 aliphatic rings. The Morgan fingerprint density at radius 1 is 1.43 bits per heavy atom. The van der Waals surface area contributed by atoms with Crippen LogP contribution in [-0.2, 0) is 0 Å². The van der Waals surface area contributed by atoms with Crippen molar-refractivity contribution in [1.29, 1.82) is 0 Å². The minimum atomic E-state index is 0.802. The third kappa shape index (κ3) is 1.45. The molecule has 2 aromatic rings. The molecule has 0 bridgehead atoms. The van der Waals surface area contributed by atoms with Gasteiger partial charge in [-0.05, 0) is 30.9 Å². The summed E-state index contributed by atoms with van der Waals surface area (Å²) in [4.78, 5) is 0. The van der Waals surface area contributed by atoms with Crippen LogP contribution in [0.1, 0.15) is 12.8 Å². The molecule has 0 saturated heterocycles. The molecule has 1 saturated carbocycles. The van der Waals surface area contributed by atoms with Crippen LogP contribution in [0.2, 0.25) is 0 Å². The van der Waals surface area contributed by atoms with E-state index in [1.165, 1.54) is 12.8 Å². The molecule has 3 nitrogen and oxygen atoms in total. The zero-order valence-electron chi connectivity index (χ0n) is 7.89. The van der Waals surface area contributed by atoms with Crippen molar-refractivity contribution in [3.05, 3.63) is 30.6 Å². The molecule has 1 fully saturated rings. The van der Waals surface area contributed by atoms with Gasteiger partial charge in [0.2, 0.25) is 0 Å². The number of fused-ring (bicyclic) bond motifs is 1. The Kier molecular flexibility index (Phi) is 1.69. The lowest BCUT2D eigenvalue weighted by atomic mass is 10.4. The molecule has 0 spiro atoms. The first kappa shape index (κ1) is 7.85. The maximum absolute atomic E-state index is 5.67. The summed E-state index contributed by atoms with van der Waals surface area (Å²) < 4.78 is 7.50. The van der Waals surface area contributed by atoms with Crippen molar-refractivity contribution in [2.45, 2.75) is 12.8 Å². The third-order valence-corrected chi connectivity index (χ3v) is 2.55. The van der Waals surface area contributed by atoms with Crippen molar-refractivity contribution in [2.24, 2.45) is 5.92 Å². The standard InChI is InChI=1S/C11H12N2O/c1-2-9(1)8-14-11-4-6-13-10(7-11)3-5-12-13/h3-7,9H,1-2,8H2. The number of nitrogens with zero attached hydrogens (tertiary/aromatic N) is 2. The van der Waals surface area contributed by atoms with Gasteiger partial charge < -0.3 is 4.74 Å². The quantitative estimate of drug-likeness (QED) is 0.737. The van der Waals surface area contributed by atoms with Crippen molar-refractivity contribution in [1.82, 2.24) is 9.61 Å². The number of hydrogen-bond donors (Lipinski definition) is 0. The third-order valence-electron chi connectivity index (χ3n) is 2.55. The molecule has 2 heterocycles. The first-order chi connectivity index (χ1) is 6.92. The minimum Gasteiger partial charge on any atom is -0.493 e. The Labute approximate surface area is 82.3 Å². The van der Waals surface area contributed by atoms with E-state index in [0.29, 0.717) is 0 Å². The van der Waals surface area contributed by atoms with Crippen LogP contribution < -0.4 is 4.74 Å². The first-order valence-electron chi connectivity index (χ1n) is 4.98. The van der Waals surface area contributed by atoms with Crippen LogP contribution >= 0.6 is 0 Å². The Morgan fingerprint density at radius 3 is 3.21 bits per heavy atom. The van der Waals surface area contributed by atoms with Gasteiger partial charge in [0.1, 0.15) is 5.75 Å². The minimum absolute atomic E-state index is 0.802. The molecular formula is C11H12N2O. The SMILES string of the molecule is c1cc2cc(OCC3CC3)ccn2n1. The molecule has 0 aromatic carbocycles. The van der Waals surface area contributed by atoms with E-state index in [2.05, 4.69) is 5.10 Å². The zero-order chi connectivity index (χ0) is 9.38. The lowest BCUT2D eigenvalue weighted by Gasteiger charge is -2.04. The maximum Gasteiger partial charge on any atom is 0.122 e. The van der Waals surface area contributed by atoms with E-state index in [4.69, 9.17) is 4.74 Å². The number of hydrogen-bond acceptors (Lipinski definition) is 2. The van der Waals surface area contributed by atoms with E-state index in [1.54, 1.807) is 6.20 Å². The molecule has 0 amide bonds. The summed E-state index contributed by atoms with van der Waals surface area (Å²) in [6.07, 6.45) is 6.38. The molecule has 0 aliphatic heterocycles. The van der Waals surface area contributed by atoms with Gasteiger partial charge >= 0.3 is 0 Å². The van der Waals surface area contributed by atoms with Crippen LogP contribution in [-0.4, -0.2) is 16.2 Å². The van der Waals surface area contributed by atoms with Crippen LogP contribution in [0.3, 0.4) is 0 Å². The van der Waals surface area contributed by atoms with Gasteiger partial charge in [-0.2, -0.15) is 5.10 Å². The summed E-state index contributed by atoms with van der Waals surface area (Å²) in [6.45, 7) is 0.865. The Bertz CT molecular complexity index is 445. The summed E-state index contributed by atoms with van der Waals surface area (Å²) in [7, 11) is 0. The van der Waals surface area contributed by atoms with Crippen molar-refractivity contribution in [2.75, 3.05) is 6.61 Å². The molecule has 3 heteroatoms. The van der Waals surface area contributed by atoms with E-state index in [0.717, 1.165) is 23.8 Å². The molecule has 1 aliphatic carbocycles. The van der Waals surface area contributed by atoms with Gasteiger partial charge in [-0.3, -0.25) is 0 Å². The summed E-state index contributed by atoms with van der Waals surface area (Å²) in [5, 5.41) is 4.13. The second-order valence-electron chi connectivity index (χ2n) is 3.82. The highest BCUT2D eigenvalue weighted by Crippen LogP contribution is 2.29. The normalized spacial score (nSPS) is 16.0. The average molecular weight is 188 g/mol. The number of ether oxygens (including phenoxy) is 1. The van der Waals surface area contributed by atoms with Crippen molar-refractivity contribution < 1.29 is 4.74 Å². The number of rotatable bonds is 3. The van der Waals surface area contributed by atoms with Crippen molar-refractivity contribution in [3.63, 3.8) is 0 Å². The molecule has 0 N–H and O–H groups in total. The Morgan fingerprint density at radius 2 is 2.36 bits per heavy atom. The fourth-order valence-corrected chi connectivity index (χ4v) is 1.49. The Hall–Kier alpha value is -1.51. The van der Waals surface area contributed by atoms with E-state index in [1.807, 2.05) is 28.9 Å². The van der Waals surface area contributed by atoms with Gasteiger partial charge in [-0.15, -0.1) is 0 Å². The fourth-order valence-electron chi connectivity index (χ4n) is 1.49. The summed E-state index contributed by atoms with van der Waals surface area (Å²) in [6, 6.07) is 5.96. The van der Waals surface area contributed by atoms with Crippen LogP contribution in [0.5, 0.6) is 5.75 Å². The largest absolute Gasteiger partial charge is 0.493 e. The molecule has 0 radical (unpaired) electrons. The predicted molar refractivity (Wildman–Crippen MR) is 53.4 cm³/mol. The van der Waals surface area contributed by atoms with Crippen molar-refractivity contribution in [3.8, 4) is 5.75 Å². The summed E-state index contributed by atoms with van der Waals surface area (Å²) in [5.41, 5.74) is 1.08. The van der Waals surface area contributed by atoms with Gasteiger partial charge in [-0.25, -0.2) is 4.52 Å². The maximum atomic E-state index is 5.67. The number of pyridine rings is 1. The highest BCUT2D eigenvalue weighted by atomic mass is 16.5. The summed E-state index contributed by atoms with van der Waals surface area (Å²) >= 11 is 0. The highest BCUT2D eigenvalue weighted by molar-refractivity contribution is 5.49. The van der Waals surface area contributed by atoms with Gasteiger partial charge in [0.15, 0.2) is 0 Å². The second kappa shape index (κ2) is 3.01.